The van der Waals surface area contributed by atoms with Crippen LogP contribution in [0.3, 0.4) is 0 Å². The van der Waals surface area contributed by atoms with E-state index in [1.165, 1.54) is 29.8 Å². The normalized spacial score (nSPS) is 11.2. The summed E-state index contributed by atoms with van der Waals surface area (Å²) >= 11 is 0. The number of fused-ring (bicyclic) bond motifs is 1. The molecule has 1 aromatic heterocycles. The topological polar surface area (TPSA) is 68.2 Å². The summed E-state index contributed by atoms with van der Waals surface area (Å²) in [6.07, 6.45) is 1.77. The third-order valence-corrected chi connectivity index (χ3v) is 5.33. The summed E-state index contributed by atoms with van der Waals surface area (Å²) in [5, 5.41) is 11.7. The standard InChI is InChI=1S/C27H29FN4O2/c1-19(2)18-32-25-15-24(27(33)30-13-12-29-16-20-6-4-3-5-7-20)26(14-21(25)17-31-32)34-23-10-8-22(28)9-11-23/h3-11,14-15,17,19,29H,12-13,16,18H2,1-2H3,(H,30,33). The van der Waals surface area contributed by atoms with Crippen LogP contribution in [-0.4, -0.2) is 28.8 Å². The zero-order chi connectivity index (χ0) is 23.9. The Kier molecular flexibility index (Phi) is 7.54. The van der Waals surface area contributed by atoms with Gasteiger partial charge in [-0.25, -0.2) is 4.39 Å². The molecule has 6 nitrogen and oxygen atoms in total. The number of ether oxygens (including phenoxy) is 1. The van der Waals surface area contributed by atoms with Crippen molar-refractivity contribution in [1.29, 1.82) is 0 Å². The van der Waals surface area contributed by atoms with E-state index >= 15 is 0 Å². The Bertz CT molecular complexity index is 1240. The van der Waals surface area contributed by atoms with E-state index < -0.39 is 0 Å². The van der Waals surface area contributed by atoms with E-state index in [1.807, 2.05) is 35.0 Å². The Morgan fingerprint density at radius 2 is 1.82 bits per heavy atom. The van der Waals surface area contributed by atoms with E-state index in [0.717, 1.165) is 24.0 Å². The fraction of sp³-hybridized carbons (Fsp3) is 0.259. The summed E-state index contributed by atoms with van der Waals surface area (Å²) in [6.45, 7) is 6.81. The molecule has 0 saturated heterocycles. The zero-order valence-corrected chi connectivity index (χ0v) is 19.4. The van der Waals surface area contributed by atoms with E-state index in [2.05, 4.69) is 41.7 Å². The second kappa shape index (κ2) is 10.9. The first-order valence-corrected chi connectivity index (χ1v) is 11.5. The van der Waals surface area contributed by atoms with Gasteiger partial charge in [-0.3, -0.25) is 9.48 Å². The average Bonchev–Trinajstić information content (AvgIpc) is 3.21. The van der Waals surface area contributed by atoms with E-state index in [0.29, 0.717) is 36.1 Å². The number of halogens is 1. The van der Waals surface area contributed by atoms with Gasteiger partial charge in [0.15, 0.2) is 0 Å². The van der Waals surface area contributed by atoms with Crippen molar-refractivity contribution >= 4 is 16.8 Å². The molecule has 3 aromatic carbocycles. The number of benzene rings is 3. The predicted octanol–water partition coefficient (Wildman–Crippen LogP) is 5.14. The van der Waals surface area contributed by atoms with Crippen molar-refractivity contribution < 1.29 is 13.9 Å². The van der Waals surface area contributed by atoms with Crippen LogP contribution in [0.25, 0.3) is 10.9 Å². The molecule has 0 aliphatic rings. The van der Waals surface area contributed by atoms with Crippen LogP contribution < -0.4 is 15.4 Å². The smallest absolute Gasteiger partial charge is 0.255 e. The number of nitrogens with zero attached hydrogens (tertiary/aromatic N) is 2. The lowest BCUT2D eigenvalue weighted by Crippen LogP contribution is -2.31. The van der Waals surface area contributed by atoms with Crippen LogP contribution in [0.1, 0.15) is 29.8 Å². The largest absolute Gasteiger partial charge is 0.457 e. The SMILES string of the molecule is CC(C)Cn1ncc2cc(Oc3ccc(F)cc3)c(C(=O)NCCNCc3ccccc3)cc21. The Morgan fingerprint density at radius 3 is 2.56 bits per heavy atom. The first kappa shape index (κ1) is 23.4. The number of amides is 1. The molecule has 0 radical (unpaired) electrons. The number of hydrogen-bond acceptors (Lipinski definition) is 4. The molecule has 1 amide bonds. The van der Waals surface area contributed by atoms with Gasteiger partial charge in [-0.1, -0.05) is 44.2 Å². The van der Waals surface area contributed by atoms with Gasteiger partial charge in [0.1, 0.15) is 17.3 Å². The number of carbonyl (C=O) groups is 1. The molecule has 7 heteroatoms. The maximum absolute atomic E-state index is 13.3. The van der Waals surface area contributed by atoms with Gasteiger partial charge in [-0.05, 0) is 47.9 Å². The Morgan fingerprint density at radius 1 is 1.06 bits per heavy atom. The minimum atomic E-state index is -0.348. The van der Waals surface area contributed by atoms with Gasteiger partial charge in [0, 0.05) is 31.6 Å². The van der Waals surface area contributed by atoms with Crippen LogP contribution in [0, 0.1) is 11.7 Å². The number of hydrogen-bond donors (Lipinski definition) is 2. The summed E-state index contributed by atoms with van der Waals surface area (Å²) < 4.78 is 21.2. The monoisotopic (exact) mass is 460 g/mol. The van der Waals surface area contributed by atoms with Crippen LogP contribution in [0.15, 0.2) is 72.9 Å². The van der Waals surface area contributed by atoms with Crippen molar-refractivity contribution in [3.8, 4) is 11.5 Å². The number of nitrogens with one attached hydrogen (secondary N) is 2. The molecular weight excluding hydrogens is 431 g/mol. The molecule has 176 valence electrons. The molecule has 0 saturated carbocycles. The number of aromatic nitrogens is 2. The minimum Gasteiger partial charge on any atom is -0.457 e. The van der Waals surface area contributed by atoms with Gasteiger partial charge in [0.25, 0.3) is 5.91 Å². The summed E-state index contributed by atoms with van der Waals surface area (Å²) in [4.78, 5) is 13.1. The first-order valence-electron chi connectivity index (χ1n) is 11.5. The highest BCUT2D eigenvalue weighted by Crippen LogP contribution is 2.30. The van der Waals surface area contributed by atoms with E-state index in [-0.39, 0.29) is 11.7 Å². The van der Waals surface area contributed by atoms with Crippen molar-refractivity contribution in [3.63, 3.8) is 0 Å². The lowest BCUT2D eigenvalue weighted by atomic mass is 10.1. The molecule has 4 rings (SSSR count). The summed E-state index contributed by atoms with van der Waals surface area (Å²) in [5.74, 6) is 0.676. The molecule has 34 heavy (non-hydrogen) atoms. The maximum atomic E-state index is 13.3. The van der Waals surface area contributed by atoms with Crippen LogP contribution in [0.4, 0.5) is 4.39 Å². The van der Waals surface area contributed by atoms with E-state index in [9.17, 15) is 9.18 Å². The van der Waals surface area contributed by atoms with Crippen LogP contribution in [0.2, 0.25) is 0 Å². The quantitative estimate of drug-likeness (QED) is 0.322. The van der Waals surface area contributed by atoms with E-state index in [4.69, 9.17) is 4.74 Å². The number of rotatable bonds is 10. The maximum Gasteiger partial charge on any atom is 0.255 e. The fourth-order valence-electron chi connectivity index (χ4n) is 3.68. The molecule has 1 heterocycles. The molecule has 4 aromatic rings. The second-order valence-electron chi connectivity index (χ2n) is 8.60. The molecule has 0 spiro atoms. The van der Waals surface area contributed by atoms with Crippen molar-refractivity contribution in [2.75, 3.05) is 13.1 Å². The van der Waals surface area contributed by atoms with Gasteiger partial charge in [-0.2, -0.15) is 5.10 Å². The molecule has 0 fully saturated rings. The minimum absolute atomic E-state index is 0.238. The van der Waals surface area contributed by atoms with Crippen molar-refractivity contribution in [1.82, 2.24) is 20.4 Å². The van der Waals surface area contributed by atoms with Crippen molar-refractivity contribution in [2.24, 2.45) is 5.92 Å². The van der Waals surface area contributed by atoms with Gasteiger partial charge < -0.3 is 15.4 Å². The van der Waals surface area contributed by atoms with Gasteiger partial charge in [-0.15, -0.1) is 0 Å². The average molecular weight is 461 g/mol. The Hall–Kier alpha value is -3.71. The summed E-state index contributed by atoms with van der Waals surface area (Å²) in [7, 11) is 0. The van der Waals surface area contributed by atoms with Gasteiger partial charge in [0.2, 0.25) is 0 Å². The molecule has 0 bridgehead atoms. The van der Waals surface area contributed by atoms with Gasteiger partial charge >= 0.3 is 0 Å². The highest BCUT2D eigenvalue weighted by atomic mass is 19.1. The third kappa shape index (κ3) is 5.99. The zero-order valence-electron chi connectivity index (χ0n) is 19.4. The van der Waals surface area contributed by atoms with Crippen molar-refractivity contribution in [2.45, 2.75) is 26.9 Å². The molecule has 0 unspecified atom stereocenters. The lowest BCUT2D eigenvalue weighted by Gasteiger charge is -2.14. The van der Waals surface area contributed by atoms with Crippen molar-refractivity contribution in [3.05, 3.63) is 89.9 Å². The predicted molar refractivity (Wildman–Crippen MR) is 132 cm³/mol. The Labute approximate surface area is 198 Å². The Balaban J connectivity index is 1.51. The van der Waals surface area contributed by atoms with Crippen LogP contribution in [0.5, 0.6) is 11.5 Å². The molecule has 0 aliphatic heterocycles. The highest BCUT2D eigenvalue weighted by Gasteiger charge is 2.17. The first-order chi connectivity index (χ1) is 16.5. The third-order valence-electron chi connectivity index (χ3n) is 5.33. The van der Waals surface area contributed by atoms with Gasteiger partial charge in [0.05, 0.1) is 17.3 Å². The highest BCUT2D eigenvalue weighted by molar-refractivity contribution is 6.01. The fourth-order valence-corrected chi connectivity index (χ4v) is 3.68. The van der Waals surface area contributed by atoms with Crippen LogP contribution >= 0.6 is 0 Å². The second-order valence-corrected chi connectivity index (χ2v) is 8.60. The van der Waals surface area contributed by atoms with Crippen LogP contribution in [-0.2, 0) is 13.1 Å². The molecule has 0 aliphatic carbocycles. The molecule has 0 atom stereocenters. The summed E-state index contributed by atoms with van der Waals surface area (Å²) in [6, 6.07) is 19.5. The lowest BCUT2D eigenvalue weighted by molar-refractivity contribution is 0.0951. The molecular formula is C27H29FN4O2. The number of carbonyl (C=O) groups excluding carboxylic acids is 1. The van der Waals surface area contributed by atoms with E-state index in [1.54, 1.807) is 6.20 Å². The molecule has 2 N–H and O–H groups in total. The summed E-state index contributed by atoms with van der Waals surface area (Å²) in [5.41, 5.74) is 2.46.